The van der Waals surface area contributed by atoms with E-state index in [2.05, 4.69) is 15.2 Å². The monoisotopic (exact) mass is 279 g/mol. The smallest absolute Gasteiger partial charge is 0.174 e. The lowest BCUT2D eigenvalue weighted by Crippen LogP contribution is -2.14. The molecule has 0 atom stereocenters. The van der Waals surface area contributed by atoms with Crippen LogP contribution in [0.1, 0.15) is 11.3 Å². The highest BCUT2D eigenvalue weighted by atomic mass is 16.5. The Morgan fingerprint density at radius 1 is 1.29 bits per heavy atom. The van der Waals surface area contributed by atoms with E-state index in [4.69, 9.17) is 15.7 Å². The lowest BCUT2D eigenvalue weighted by atomic mass is 10.2. The molecule has 0 fully saturated rings. The van der Waals surface area contributed by atoms with Crippen LogP contribution >= 0.6 is 0 Å². The van der Waals surface area contributed by atoms with Gasteiger partial charge in [0.2, 0.25) is 0 Å². The van der Waals surface area contributed by atoms with Crippen LogP contribution in [0, 0.1) is 11.3 Å². The number of amidine groups is 1. The number of benzene rings is 1. The zero-order valence-corrected chi connectivity index (χ0v) is 11.2. The topological polar surface area (TPSA) is 96.6 Å². The van der Waals surface area contributed by atoms with E-state index < -0.39 is 0 Å². The summed E-state index contributed by atoms with van der Waals surface area (Å²) >= 11 is 0. The molecule has 0 spiro atoms. The maximum Gasteiger partial charge on any atom is 0.174 e. The number of para-hydroxylation sites is 1. The highest BCUT2D eigenvalue weighted by molar-refractivity contribution is 5.96. The summed E-state index contributed by atoms with van der Waals surface area (Å²) in [6.45, 7) is -0.0236. The Balaban J connectivity index is 2.13. The maximum atomic E-state index is 8.54. The van der Waals surface area contributed by atoms with Gasteiger partial charge >= 0.3 is 0 Å². The first-order valence-corrected chi connectivity index (χ1v) is 6.18. The Bertz CT molecular complexity index is 689. The number of pyridine rings is 1. The number of hydrogen-bond donors (Lipinski definition) is 1. The lowest BCUT2D eigenvalue weighted by Gasteiger charge is -2.04. The average Bonchev–Trinajstić information content (AvgIpc) is 2.54. The molecule has 21 heavy (non-hydrogen) atoms. The second-order valence-electron chi connectivity index (χ2n) is 3.93. The van der Waals surface area contributed by atoms with Crippen molar-refractivity contribution >= 4 is 12.1 Å². The van der Waals surface area contributed by atoms with Crippen LogP contribution in [0.15, 0.2) is 58.9 Å². The molecule has 6 nitrogen and oxygen atoms in total. The van der Waals surface area contributed by atoms with Gasteiger partial charge in [-0.1, -0.05) is 18.2 Å². The summed E-state index contributed by atoms with van der Waals surface area (Å²) in [7, 11) is 0. The molecule has 2 N–H and O–H groups in total. The predicted octanol–water partition coefficient (Wildman–Crippen LogP) is 1.72. The molecule has 0 saturated carbocycles. The molecule has 0 unspecified atom stereocenters. The number of nitrogens with two attached hydrogens (primary N) is 1. The van der Waals surface area contributed by atoms with Crippen molar-refractivity contribution in [1.29, 1.82) is 5.26 Å². The Morgan fingerprint density at radius 2 is 2.10 bits per heavy atom. The van der Waals surface area contributed by atoms with Crippen LogP contribution in [0.4, 0.5) is 0 Å². The summed E-state index contributed by atoms with van der Waals surface area (Å²) in [5, 5.41) is 16.4. The third-order valence-corrected chi connectivity index (χ3v) is 2.50. The van der Waals surface area contributed by atoms with Crippen molar-refractivity contribution in [1.82, 2.24) is 4.98 Å². The van der Waals surface area contributed by atoms with E-state index in [1.807, 2.05) is 30.3 Å². The average molecular weight is 279 g/mol. The van der Waals surface area contributed by atoms with E-state index in [1.165, 1.54) is 6.21 Å². The summed E-state index contributed by atoms with van der Waals surface area (Å²) in [5.41, 5.74) is 7.05. The SMILES string of the molecule is N#CCOc1ccccc1C=NN=C(N)c1ccccn1. The van der Waals surface area contributed by atoms with Crippen LogP contribution in [0.2, 0.25) is 0 Å². The van der Waals surface area contributed by atoms with Gasteiger partial charge in [0, 0.05) is 11.8 Å². The van der Waals surface area contributed by atoms with Crippen LogP contribution < -0.4 is 10.5 Å². The standard InChI is InChI=1S/C15H13N5O/c16-8-10-21-14-7-2-1-5-12(14)11-19-20-15(17)13-6-3-4-9-18-13/h1-7,9,11H,10H2,(H2,17,20). The highest BCUT2D eigenvalue weighted by Gasteiger charge is 2.00. The van der Waals surface area contributed by atoms with Crippen molar-refractivity contribution in [3.63, 3.8) is 0 Å². The molecule has 1 aromatic carbocycles. The molecule has 104 valence electrons. The molecule has 1 aromatic heterocycles. The van der Waals surface area contributed by atoms with Gasteiger partial charge in [-0.3, -0.25) is 4.98 Å². The van der Waals surface area contributed by atoms with Gasteiger partial charge in [0.15, 0.2) is 12.4 Å². The van der Waals surface area contributed by atoms with Crippen molar-refractivity contribution in [3.05, 3.63) is 59.9 Å². The molecule has 0 aliphatic heterocycles. The Hall–Kier alpha value is -3.20. The molecular weight excluding hydrogens is 266 g/mol. The van der Waals surface area contributed by atoms with Gasteiger partial charge in [-0.25, -0.2) is 0 Å². The van der Waals surface area contributed by atoms with Gasteiger partial charge in [0.1, 0.15) is 17.5 Å². The van der Waals surface area contributed by atoms with E-state index in [9.17, 15) is 0 Å². The Labute approximate surface area is 122 Å². The number of rotatable bonds is 5. The summed E-state index contributed by atoms with van der Waals surface area (Å²) in [6.07, 6.45) is 3.15. The third kappa shape index (κ3) is 4.14. The fourth-order valence-corrected chi connectivity index (χ4v) is 1.55. The van der Waals surface area contributed by atoms with Crippen molar-refractivity contribution in [2.24, 2.45) is 15.9 Å². The van der Waals surface area contributed by atoms with Gasteiger partial charge in [-0.15, -0.1) is 5.10 Å². The largest absolute Gasteiger partial charge is 0.478 e. The van der Waals surface area contributed by atoms with Gasteiger partial charge in [0.05, 0.1) is 6.21 Å². The summed E-state index contributed by atoms with van der Waals surface area (Å²) < 4.78 is 5.28. The van der Waals surface area contributed by atoms with Crippen molar-refractivity contribution in [2.45, 2.75) is 0 Å². The van der Waals surface area contributed by atoms with E-state index in [0.29, 0.717) is 17.0 Å². The number of nitrogens with zero attached hydrogens (tertiary/aromatic N) is 4. The number of ether oxygens (including phenoxy) is 1. The minimum absolute atomic E-state index is 0.0236. The Kier molecular flexibility index (Phi) is 5.01. The summed E-state index contributed by atoms with van der Waals surface area (Å²) in [6, 6.07) is 14.5. The molecule has 0 saturated heterocycles. The fourth-order valence-electron chi connectivity index (χ4n) is 1.55. The van der Waals surface area contributed by atoms with E-state index in [1.54, 1.807) is 24.4 Å². The quantitative estimate of drug-likeness (QED) is 0.512. The third-order valence-electron chi connectivity index (χ3n) is 2.50. The molecule has 6 heteroatoms. The normalized spacial score (nSPS) is 11.3. The molecule has 2 rings (SSSR count). The van der Waals surface area contributed by atoms with Gasteiger partial charge in [-0.2, -0.15) is 10.4 Å². The lowest BCUT2D eigenvalue weighted by molar-refractivity contribution is 0.367. The molecular formula is C15H13N5O. The maximum absolute atomic E-state index is 8.54. The summed E-state index contributed by atoms with van der Waals surface area (Å²) in [5.74, 6) is 0.789. The van der Waals surface area contributed by atoms with Crippen LogP contribution in [0.25, 0.3) is 0 Å². The minimum Gasteiger partial charge on any atom is -0.478 e. The molecule has 1 heterocycles. The molecule has 2 aromatic rings. The molecule has 0 amide bonds. The summed E-state index contributed by atoms with van der Waals surface area (Å²) in [4.78, 5) is 4.07. The van der Waals surface area contributed by atoms with E-state index >= 15 is 0 Å². The second kappa shape index (κ2) is 7.40. The minimum atomic E-state index is -0.0236. The molecule has 0 radical (unpaired) electrons. The van der Waals surface area contributed by atoms with Gasteiger partial charge in [-0.05, 0) is 24.3 Å². The Morgan fingerprint density at radius 3 is 2.86 bits per heavy atom. The predicted molar refractivity (Wildman–Crippen MR) is 80.1 cm³/mol. The van der Waals surface area contributed by atoms with E-state index in [0.717, 1.165) is 0 Å². The highest BCUT2D eigenvalue weighted by Crippen LogP contribution is 2.15. The molecule has 0 aliphatic carbocycles. The number of hydrogen-bond acceptors (Lipinski definition) is 5. The number of aromatic nitrogens is 1. The first-order chi connectivity index (χ1) is 10.3. The van der Waals surface area contributed by atoms with Crippen LogP contribution in [-0.4, -0.2) is 23.6 Å². The van der Waals surface area contributed by atoms with Crippen molar-refractivity contribution in [3.8, 4) is 11.8 Å². The number of nitriles is 1. The van der Waals surface area contributed by atoms with Gasteiger partial charge in [0.25, 0.3) is 0 Å². The molecule has 0 bridgehead atoms. The fraction of sp³-hybridized carbons (Fsp3) is 0.0667. The van der Waals surface area contributed by atoms with E-state index in [-0.39, 0.29) is 12.4 Å². The molecule has 0 aliphatic rings. The van der Waals surface area contributed by atoms with Crippen LogP contribution in [0.5, 0.6) is 5.75 Å². The zero-order valence-electron chi connectivity index (χ0n) is 11.2. The van der Waals surface area contributed by atoms with Gasteiger partial charge < -0.3 is 10.5 Å². The van der Waals surface area contributed by atoms with Crippen molar-refractivity contribution in [2.75, 3.05) is 6.61 Å². The second-order valence-corrected chi connectivity index (χ2v) is 3.93. The first-order valence-electron chi connectivity index (χ1n) is 6.18. The van der Waals surface area contributed by atoms with Crippen molar-refractivity contribution < 1.29 is 4.74 Å². The first kappa shape index (κ1) is 14.2. The van der Waals surface area contributed by atoms with Crippen LogP contribution in [-0.2, 0) is 0 Å². The van der Waals surface area contributed by atoms with Crippen LogP contribution in [0.3, 0.4) is 0 Å². The zero-order chi connectivity index (χ0) is 14.9.